The molecule has 3 rings (SSSR count). The summed E-state index contributed by atoms with van der Waals surface area (Å²) in [5.41, 5.74) is 0. The third-order valence-corrected chi connectivity index (χ3v) is 6.40. The Bertz CT molecular complexity index is 806. The Morgan fingerprint density at radius 2 is 2.00 bits per heavy atom. The highest BCUT2D eigenvalue weighted by Crippen LogP contribution is 2.29. The normalized spacial score (nSPS) is 16.2. The molecule has 1 unspecified atom stereocenters. The number of hydrogen-bond donors (Lipinski definition) is 1. The summed E-state index contributed by atoms with van der Waals surface area (Å²) >= 11 is 7.61. The van der Waals surface area contributed by atoms with Crippen molar-refractivity contribution in [1.82, 2.24) is 20.1 Å². The minimum Gasteiger partial charge on any atom is -0.481 e. The van der Waals surface area contributed by atoms with Gasteiger partial charge in [0.15, 0.2) is 17.1 Å². The lowest BCUT2D eigenvalue weighted by molar-refractivity contribution is -0.119. The number of nitrogens with one attached hydrogen (secondary N) is 1. The van der Waals surface area contributed by atoms with Crippen molar-refractivity contribution in [2.45, 2.75) is 76.2 Å². The van der Waals surface area contributed by atoms with Crippen LogP contribution in [0.3, 0.4) is 0 Å². The van der Waals surface area contributed by atoms with Crippen molar-refractivity contribution in [1.29, 1.82) is 0 Å². The van der Waals surface area contributed by atoms with E-state index in [2.05, 4.69) is 15.5 Å². The molecule has 1 saturated carbocycles. The SMILES string of the molecule is CCn1c(SCC(=O)NC2CCCCCC2)nnc1C(C)Oc1ccccc1Cl. The summed E-state index contributed by atoms with van der Waals surface area (Å²) in [6, 6.07) is 7.69. The van der Waals surface area contributed by atoms with E-state index in [-0.39, 0.29) is 12.0 Å². The van der Waals surface area contributed by atoms with E-state index in [1.165, 1.54) is 37.4 Å². The molecule has 0 aliphatic heterocycles. The summed E-state index contributed by atoms with van der Waals surface area (Å²) in [5, 5.41) is 13.1. The Labute approximate surface area is 181 Å². The lowest BCUT2D eigenvalue weighted by atomic mass is 10.1. The van der Waals surface area contributed by atoms with Crippen LogP contribution in [0, 0.1) is 0 Å². The molecule has 1 aromatic carbocycles. The maximum atomic E-state index is 12.4. The molecule has 0 saturated heterocycles. The highest BCUT2D eigenvalue weighted by atomic mass is 35.5. The second-order valence-corrected chi connectivity index (χ2v) is 8.67. The molecular formula is C21H29ClN4O2S. The van der Waals surface area contributed by atoms with Gasteiger partial charge in [-0.2, -0.15) is 0 Å². The molecule has 0 radical (unpaired) electrons. The number of carbonyl (C=O) groups is 1. The van der Waals surface area contributed by atoms with Crippen LogP contribution in [0.25, 0.3) is 0 Å². The largest absolute Gasteiger partial charge is 0.481 e. The molecule has 0 spiro atoms. The molecule has 1 aliphatic carbocycles. The van der Waals surface area contributed by atoms with E-state index < -0.39 is 0 Å². The topological polar surface area (TPSA) is 69.0 Å². The van der Waals surface area contributed by atoms with Crippen molar-refractivity contribution in [2.24, 2.45) is 0 Å². The van der Waals surface area contributed by atoms with Gasteiger partial charge in [0, 0.05) is 12.6 Å². The molecule has 8 heteroatoms. The highest BCUT2D eigenvalue weighted by Gasteiger charge is 2.21. The van der Waals surface area contributed by atoms with Crippen molar-refractivity contribution in [2.75, 3.05) is 5.75 Å². The molecule has 6 nitrogen and oxygen atoms in total. The van der Waals surface area contributed by atoms with E-state index in [4.69, 9.17) is 16.3 Å². The van der Waals surface area contributed by atoms with E-state index in [9.17, 15) is 4.79 Å². The third-order valence-electron chi connectivity index (χ3n) is 5.12. The van der Waals surface area contributed by atoms with Crippen molar-refractivity contribution < 1.29 is 9.53 Å². The zero-order valence-electron chi connectivity index (χ0n) is 17.1. The smallest absolute Gasteiger partial charge is 0.230 e. The number of para-hydroxylation sites is 1. The van der Waals surface area contributed by atoms with Gasteiger partial charge in [0.25, 0.3) is 0 Å². The maximum Gasteiger partial charge on any atom is 0.230 e. The highest BCUT2D eigenvalue weighted by molar-refractivity contribution is 7.99. The Balaban J connectivity index is 1.58. The van der Waals surface area contributed by atoms with Gasteiger partial charge >= 0.3 is 0 Å². The van der Waals surface area contributed by atoms with Crippen LogP contribution in [0.1, 0.15) is 64.3 Å². The van der Waals surface area contributed by atoms with Crippen LogP contribution in [0.5, 0.6) is 5.75 Å². The van der Waals surface area contributed by atoms with E-state index in [0.717, 1.165) is 23.8 Å². The number of amides is 1. The fraction of sp³-hybridized carbons (Fsp3) is 0.571. The average molecular weight is 437 g/mol. The summed E-state index contributed by atoms with van der Waals surface area (Å²) < 4.78 is 7.97. The van der Waals surface area contributed by atoms with E-state index in [1.54, 1.807) is 6.07 Å². The van der Waals surface area contributed by atoms with Gasteiger partial charge in [-0.05, 0) is 38.8 Å². The zero-order valence-corrected chi connectivity index (χ0v) is 18.6. The third kappa shape index (κ3) is 6.12. The first-order valence-electron chi connectivity index (χ1n) is 10.3. The predicted molar refractivity (Wildman–Crippen MR) is 117 cm³/mol. The molecular weight excluding hydrogens is 408 g/mol. The van der Waals surface area contributed by atoms with Crippen molar-refractivity contribution in [3.05, 3.63) is 35.1 Å². The van der Waals surface area contributed by atoms with Crippen LogP contribution in [0.15, 0.2) is 29.4 Å². The van der Waals surface area contributed by atoms with Gasteiger partial charge in [0.05, 0.1) is 10.8 Å². The number of rotatable bonds is 8. The molecule has 1 heterocycles. The number of benzene rings is 1. The second-order valence-electron chi connectivity index (χ2n) is 7.32. The maximum absolute atomic E-state index is 12.4. The lowest BCUT2D eigenvalue weighted by Crippen LogP contribution is -2.35. The molecule has 1 atom stereocenters. The first-order chi connectivity index (χ1) is 14.1. The zero-order chi connectivity index (χ0) is 20.6. The van der Waals surface area contributed by atoms with E-state index in [1.807, 2.05) is 36.6 Å². The van der Waals surface area contributed by atoms with Crippen molar-refractivity contribution >= 4 is 29.3 Å². The van der Waals surface area contributed by atoms with E-state index in [0.29, 0.717) is 29.1 Å². The average Bonchev–Trinajstić information content (AvgIpc) is 2.96. The summed E-state index contributed by atoms with van der Waals surface area (Å²) in [7, 11) is 0. The van der Waals surface area contributed by atoms with Crippen LogP contribution in [-0.4, -0.2) is 32.5 Å². The first-order valence-corrected chi connectivity index (χ1v) is 11.7. The number of carbonyl (C=O) groups excluding carboxylic acids is 1. The van der Waals surface area contributed by atoms with Crippen LogP contribution in [0.2, 0.25) is 5.02 Å². The van der Waals surface area contributed by atoms with Gasteiger partial charge in [-0.3, -0.25) is 4.79 Å². The van der Waals surface area contributed by atoms with Crippen LogP contribution < -0.4 is 10.1 Å². The van der Waals surface area contributed by atoms with Gasteiger partial charge in [-0.25, -0.2) is 0 Å². The summed E-state index contributed by atoms with van der Waals surface area (Å²) in [6.45, 7) is 4.66. The number of hydrogen-bond acceptors (Lipinski definition) is 5. The van der Waals surface area contributed by atoms with E-state index >= 15 is 0 Å². The first kappa shape index (κ1) is 22.0. The summed E-state index contributed by atoms with van der Waals surface area (Å²) in [4.78, 5) is 12.4. The van der Waals surface area contributed by atoms with Crippen LogP contribution in [-0.2, 0) is 11.3 Å². The number of thioether (sulfide) groups is 1. The second kappa shape index (κ2) is 10.9. The minimum atomic E-state index is -0.309. The minimum absolute atomic E-state index is 0.0643. The summed E-state index contributed by atoms with van der Waals surface area (Å²) in [6.07, 6.45) is 6.82. The number of ether oxygens (including phenoxy) is 1. The predicted octanol–water partition coefficient (Wildman–Crippen LogP) is 5.02. The Morgan fingerprint density at radius 1 is 1.28 bits per heavy atom. The summed E-state index contributed by atoms with van der Waals surface area (Å²) in [5.74, 6) is 1.74. The van der Waals surface area contributed by atoms with Gasteiger partial charge < -0.3 is 14.6 Å². The van der Waals surface area contributed by atoms with Gasteiger partial charge in [0.2, 0.25) is 5.91 Å². The molecule has 2 aromatic rings. The number of nitrogens with zero attached hydrogens (tertiary/aromatic N) is 3. The molecule has 0 bridgehead atoms. The Hall–Kier alpha value is -1.73. The quantitative estimate of drug-likeness (QED) is 0.464. The molecule has 1 N–H and O–H groups in total. The Kier molecular flexibility index (Phi) is 8.24. The standard InChI is InChI=1S/C21H29ClN4O2S/c1-3-26-20(15(2)28-18-13-9-8-12-17(18)22)24-25-21(26)29-14-19(27)23-16-10-6-4-5-7-11-16/h8-9,12-13,15-16H,3-7,10-11,14H2,1-2H3,(H,23,27). The molecule has 1 fully saturated rings. The molecule has 1 amide bonds. The lowest BCUT2D eigenvalue weighted by Gasteiger charge is -2.17. The molecule has 158 valence electrons. The Morgan fingerprint density at radius 3 is 2.69 bits per heavy atom. The van der Waals surface area contributed by atoms with Crippen LogP contribution >= 0.6 is 23.4 Å². The van der Waals surface area contributed by atoms with Crippen molar-refractivity contribution in [3.8, 4) is 5.75 Å². The molecule has 29 heavy (non-hydrogen) atoms. The van der Waals surface area contributed by atoms with Gasteiger partial charge in [0.1, 0.15) is 5.75 Å². The van der Waals surface area contributed by atoms with Crippen molar-refractivity contribution in [3.63, 3.8) is 0 Å². The fourth-order valence-corrected chi connectivity index (χ4v) is 4.61. The monoisotopic (exact) mass is 436 g/mol. The van der Waals surface area contributed by atoms with Crippen LogP contribution in [0.4, 0.5) is 0 Å². The molecule has 1 aromatic heterocycles. The van der Waals surface area contributed by atoms with Gasteiger partial charge in [-0.15, -0.1) is 10.2 Å². The molecule has 1 aliphatic rings. The number of halogens is 1. The van der Waals surface area contributed by atoms with Gasteiger partial charge in [-0.1, -0.05) is 61.2 Å². The number of aromatic nitrogens is 3. The fourth-order valence-electron chi connectivity index (χ4n) is 3.61.